The number of rotatable bonds is 10. The minimum atomic E-state index is 0.279. The second kappa shape index (κ2) is 9.10. The summed E-state index contributed by atoms with van der Waals surface area (Å²) in [6, 6.07) is 0.374. The van der Waals surface area contributed by atoms with Gasteiger partial charge in [0.25, 0.3) is 0 Å². The smallest absolute Gasteiger partial charge is 0.0727 e. The molecule has 0 radical (unpaired) electrons. The van der Waals surface area contributed by atoms with Gasteiger partial charge in [-0.2, -0.15) is 5.10 Å². The van der Waals surface area contributed by atoms with Crippen molar-refractivity contribution in [2.75, 3.05) is 13.7 Å². The van der Waals surface area contributed by atoms with Crippen molar-refractivity contribution in [3.05, 3.63) is 18.0 Å². The van der Waals surface area contributed by atoms with Gasteiger partial charge in [0, 0.05) is 25.9 Å². The molecule has 0 bridgehead atoms. The Morgan fingerprint density at radius 2 is 2.11 bits per heavy atom. The molecule has 2 atom stereocenters. The Bertz CT molecular complexity index is 338. The summed E-state index contributed by atoms with van der Waals surface area (Å²) in [5.74, 6) is 0. The summed E-state index contributed by atoms with van der Waals surface area (Å²) in [6.45, 7) is 8.48. The Morgan fingerprint density at radius 3 is 2.63 bits per heavy atom. The third kappa shape index (κ3) is 5.33. The number of nitrogens with one attached hydrogen (secondary N) is 1. The van der Waals surface area contributed by atoms with Crippen LogP contribution in [0, 0.1) is 0 Å². The van der Waals surface area contributed by atoms with E-state index in [1.807, 2.05) is 18.0 Å². The van der Waals surface area contributed by atoms with Gasteiger partial charge in [0.2, 0.25) is 0 Å². The van der Waals surface area contributed by atoms with Crippen LogP contribution in [0.3, 0.4) is 0 Å². The molecule has 1 heterocycles. The highest BCUT2D eigenvalue weighted by Gasteiger charge is 2.20. The van der Waals surface area contributed by atoms with Crippen molar-refractivity contribution < 1.29 is 4.74 Å². The molecular formula is C15H29N3O. The molecule has 2 unspecified atom stereocenters. The Morgan fingerprint density at radius 1 is 1.32 bits per heavy atom. The Balaban J connectivity index is 2.66. The highest BCUT2D eigenvalue weighted by atomic mass is 16.5. The molecule has 0 saturated heterocycles. The topological polar surface area (TPSA) is 39.1 Å². The summed E-state index contributed by atoms with van der Waals surface area (Å²) in [7, 11) is 1.82. The average Bonchev–Trinajstić information content (AvgIpc) is 2.88. The Kier molecular flexibility index (Phi) is 7.75. The highest BCUT2D eigenvalue weighted by Crippen LogP contribution is 2.12. The first kappa shape index (κ1) is 16.2. The van der Waals surface area contributed by atoms with Crippen molar-refractivity contribution in [3.63, 3.8) is 0 Å². The summed E-state index contributed by atoms with van der Waals surface area (Å²) in [5.41, 5.74) is 1.29. The Hall–Kier alpha value is -0.870. The third-order valence-electron chi connectivity index (χ3n) is 3.45. The van der Waals surface area contributed by atoms with Crippen LogP contribution in [0.25, 0.3) is 0 Å². The fraction of sp³-hybridized carbons (Fsp3) is 0.800. The number of hydrogen-bond acceptors (Lipinski definition) is 3. The number of aryl methyl sites for hydroxylation is 1. The van der Waals surface area contributed by atoms with Gasteiger partial charge in [-0.25, -0.2) is 0 Å². The lowest BCUT2D eigenvalue weighted by Crippen LogP contribution is -2.43. The lowest BCUT2D eigenvalue weighted by molar-refractivity contribution is 0.0609. The van der Waals surface area contributed by atoms with Crippen LogP contribution >= 0.6 is 0 Å². The molecule has 1 aromatic rings. The van der Waals surface area contributed by atoms with E-state index < -0.39 is 0 Å². The predicted octanol–water partition coefficient (Wildman–Crippen LogP) is 2.63. The largest absolute Gasteiger partial charge is 0.380 e. The van der Waals surface area contributed by atoms with Crippen molar-refractivity contribution in [1.82, 2.24) is 15.1 Å². The van der Waals surface area contributed by atoms with Gasteiger partial charge in [-0.15, -0.1) is 0 Å². The first-order valence-electron chi connectivity index (χ1n) is 7.52. The number of methoxy groups -OCH3 is 1. The summed E-state index contributed by atoms with van der Waals surface area (Å²) in [4.78, 5) is 0. The second-order valence-corrected chi connectivity index (χ2v) is 5.03. The van der Waals surface area contributed by atoms with Crippen molar-refractivity contribution in [1.29, 1.82) is 0 Å². The molecule has 1 rings (SSSR count). The van der Waals surface area contributed by atoms with Crippen LogP contribution in [0.5, 0.6) is 0 Å². The molecule has 0 fully saturated rings. The molecule has 4 nitrogen and oxygen atoms in total. The normalized spacial score (nSPS) is 14.5. The molecule has 1 aromatic heterocycles. The quantitative estimate of drug-likeness (QED) is 0.708. The van der Waals surface area contributed by atoms with E-state index in [-0.39, 0.29) is 6.10 Å². The number of nitrogens with zero attached hydrogens (tertiary/aromatic N) is 2. The van der Waals surface area contributed by atoms with E-state index in [1.165, 1.54) is 5.56 Å². The molecular weight excluding hydrogens is 238 g/mol. The van der Waals surface area contributed by atoms with Gasteiger partial charge < -0.3 is 10.1 Å². The third-order valence-corrected chi connectivity index (χ3v) is 3.45. The van der Waals surface area contributed by atoms with Crippen LogP contribution in [0.2, 0.25) is 0 Å². The molecule has 4 heteroatoms. The van der Waals surface area contributed by atoms with Gasteiger partial charge in [-0.05, 0) is 38.3 Å². The van der Waals surface area contributed by atoms with Gasteiger partial charge >= 0.3 is 0 Å². The Labute approximate surface area is 117 Å². The van der Waals surface area contributed by atoms with Crippen LogP contribution in [0.4, 0.5) is 0 Å². The molecule has 0 aliphatic carbocycles. The number of hydrogen-bond donors (Lipinski definition) is 1. The molecule has 0 aliphatic rings. The zero-order valence-electron chi connectivity index (χ0n) is 12.9. The molecule has 19 heavy (non-hydrogen) atoms. The summed E-state index contributed by atoms with van der Waals surface area (Å²) < 4.78 is 7.65. The SMILES string of the molecule is CCCNC(Cc1cnn(CC)c1)C(CCC)OC. The molecule has 110 valence electrons. The first-order valence-corrected chi connectivity index (χ1v) is 7.52. The molecule has 1 N–H and O–H groups in total. The van der Waals surface area contributed by atoms with E-state index in [2.05, 4.69) is 37.4 Å². The monoisotopic (exact) mass is 267 g/mol. The summed E-state index contributed by atoms with van der Waals surface area (Å²) >= 11 is 0. The van der Waals surface area contributed by atoms with E-state index in [4.69, 9.17) is 4.74 Å². The van der Waals surface area contributed by atoms with E-state index in [1.54, 1.807) is 0 Å². The van der Waals surface area contributed by atoms with Crippen molar-refractivity contribution in [2.45, 2.75) is 65.1 Å². The van der Waals surface area contributed by atoms with E-state index >= 15 is 0 Å². The van der Waals surface area contributed by atoms with Crippen molar-refractivity contribution in [2.24, 2.45) is 0 Å². The van der Waals surface area contributed by atoms with Gasteiger partial charge in [-0.3, -0.25) is 4.68 Å². The van der Waals surface area contributed by atoms with E-state index in [0.29, 0.717) is 6.04 Å². The maximum atomic E-state index is 5.67. The fourth-order valence-electron chi connectivity index (χ4n) is 2.37. The zero-order chi connectivity index (χ0) is 14.1. The second-order valence-electron chi connectivity index (χ2n) is 5.03. The van der Waals surface area contributed by atoms with Gasteiger partial charge in [0.15, 0.2) is 0 Å². The zero-order valence-corrected chi connectivity index (χ0v) is 12.9. The van der Waals surface area contributed by atoms with Gasteiger partial charge in [0.1, 0.15) is 0 Å². The maximum absolute atomic E-state index is 5.67. The van der Waals surface area contributed by atoms with Crippen LogP contribution in [-0.2, 0) is 17.7 Å². The highest BCUT2D eigenvalue weighted by molar-refractivity contribution is 5.07. The lowest BCUT2D eigenvalue weighted by atomic mass is 10.00. The van der Waals surface area contributed by atoms with E-state index in [9.17, 15) is 0 Å². The van der Waals surface area contributed by atoms with Crippen LogP contribution in [-0.4, -0.2) is 35.6 Å². The van der Waals surface area contributed by atoms with Gasteiger partial charge in [-0.1, -0.05) is 20.3 Å². The maximum Gasteiger partial charge on any atom is 0.0727 e. The molecule has 0 amide bonds. The number of ether oxygens (including phenoxy) is 1. The lowest BCUT2D eigenvalue weighted by Gasteiger charge is -2.26. The van der Waals surface area contributed by atoms with Crippen molar-refractivity contribution >= 4 is 0 Å². The van der Waals surface area contributed by atoms with Crippen LogP contribution < -0.4 is 5.32 Å². The van der Waals surface area contributed by atoms with Crippen molar-refractivity contribution in [3.8, 4) is 0 Å². The predicted molar refractivity (Wildman–Crippen MR) is 79.4 cm³/mol. The average molecular weight is 267 g/mol. The molecule has 0 spiro atoms. The van der Waals surface area contributed by atoms with Gasteiger partial charge in [0.05, 0.1) is 12.3 Å². The van der Waals surface area contributed by atoms with E-state index in [0.717, 1.165) is 38.8 Å². The molecule has 0 aromatic carbocycles. The standard InChI is InChI=1S/C15H29N3O/c1-5-8-15(19-4)14(16-9-6-2)10-13-11-17-18(7-3)12-13/h11-12,14-16H,5-10H2,1-4H3. The van der Waals surface area contributed by atoms with Crippen LogP contribution in [0.1, 0.15) is 45.6 Å². The first-order chi connectivity index (χ1) is 9.24. The summed E-state index contributed by atoms with van der Waals surface area (Å²) in [5, 5.41) is 7.97. The summed E-state index contributed by atoms with van der Waals surface area (Å²) in [6.07, 6.45) is 8.77. The fourth-order valence-corrected chi connectivity index (χ4v) is 2.37. The minimum Gasteiger partial charge on any atom is -0.380 e. The molecule has 0 saturated carbocycles. The molecule has 0 aliphatic heterocycles. The van der Waals surface area contributed by atoms with Crippen LogP contribution in [0.15, 0.2) is 12.4 Å². The number of aromatic nitrogens is 2. The minimum absolute atomic E-state index is 0.279.